The van der Waals surface area contributed by atoms with E-state index in [9.17, 15) is 18.4 Å². The molecule has 0 saturated carbocycles. The fourth-order valence-electron chi connectivity index (χ4n) is 4.42. The minimum atomic E-state index is -4.77. The van der Waals surface area contributed by atoms with Gasteiger partial charge in [-0.3, -0.25) is 4.98 Å². The lowest BCUT2D eigenvalue weighted by atomic mass is 9.92. The molecule has 6 nitrogen and oxygen atoms in total. The van der Waals surface area contributed by atoms with E-state index < -0.39 is 17.4 Å². The van der Waals surface area contributed by atoms with Gasteiger partial charge in [0.2, 0.25) is 0 Å². The summed E-state index contributed by atoms with van der Waals surface area (Å²) < 4.78 is 42.2. The number of nitrogens with one attached hydrogen (secondary N) is 1. The first-order valence-corrected chi connectivity index (χ1v) is 10.3. The van der Waals surface area contributed by atoms with Crippen LogP contribution in [0.3, 0.4) is 0 Å². The molecule has 0 radical (unpaired) electrons. The van der Waals surface area contributed by atoms with Gasteiger partial charge < -0.3 is 5.32 Å². The molecule has 0 aliphatic carbocycles. The summed E-state index contributed by atoms with van der Waals surface area (Å²) in [7, 11) is 0. The second-order valence-electron chi connectivity index (χ2n) is 7.74. The lowest BCUT2D eigenvalue weighted by Gasteiger charge is -2.20. The van der Waals surface area contributed by atoms with Gasteiger partial charge in [0.25, 0.3) is 0 Å². The van der Waals surface area contributed by atoms with E-state index in [1.54, 1.807) is 31.3 Å². The van der Waals surface area contributed by atoms with Gasteiger partial charge in [0.1, 0.15) is 11.6 Å². The summed E-state index contributed by atoms with van der Waals surface area (Å²) in [4.78, 5) is 8.80. The summed E-state index contributed by atoms with van der Waals surface area (Å²) in [6.45, 7) is 3.06. The third-order valence-electron chi connectivity index (χ3n) is 5.78. The van der Waals surface area contributed by atoms with Crippen LogP contribution in [0.1, 0.15) is 35.0 Å². The van der Waals surface area contributed by atoms with Gasteiger partial charge in [-0.25, -0.2) is 9.50 Å². The van der Waals surface area contributed by atoms with Crippen LogP contribution in [0.5, 0.6) is 0 Å². The second-order valence-corrected chi connectivity index (χ2v) is 8.17. The van der Waals surface area contributed by atoms with Gasteiger partial charge in [-0.05, 0) is 43.7 Å². The van der Waals surface area contributed by atoms with E-state index in [2.05, 4.69) is 20.4 Å². The minimum Gasteiger partial charge on any atom is -0.316 e. The van der Waals surface area contributed by atoms with Gasteiger partial charge in [0.05, 0.1) is 11.2 Å². The number of nitrogens with zero attached hydrogens (tertiary/aromatic N) is 5. The SMILES string of the molecule is Cc1nc2c(C#N)c(C(F)(F)F)nn2c([C@H]2CCNC2)c1-c1ccnc2cc(Cl)ccc12. The maximum absolute atomic E-state index is 13.7. The number of aromatic nitrogens is 4. The predicted octanol–water partition coefficient (Wildman–Crippen LogP) is 4.87. The van der Waals surface area contributed by atoms with Crippen LogP contribution >= 0.6 is 11.6 Å². The summed E-state index contributed by atoms with van der Waals surface area (Å²) in [6.07, 6.45) is -2.40. The third kappa shape index (κ3) is 3.18. The van der Waals surface area contributed by atoms with Crippen molar-refractivity contribution < 1.29 is 13.2 Å². The lowest BCUT2D eigenvalue weighted by Crippen LogP contribution is -2.15. The maximum atomic E-state index is 13.7. The Labute approximate surface area is 185 Å². The van der Waals surface area contributed by atoms with Crippen molar-refractivity contribution in [2.45, 2.75) is 25.4 Å². The summed E-state index contributed by atoms with van der Waals surface area (Å²) in [5.41, 5.74) is 1.40. The van der Waals surface area contributed by atoms with E-state index >= 15 is 0 Å². The van der Waals surface area contributed by atoms with Crippen LogP contribution in [-0.2, 0) is 6.18 Å². The average Bonchev–Trinajstić information content (AvgIpc) is 3.39. The monoisotopic (exact) mass is 456 g/mol. The van der Waals surface area contributed by atoms with Crippen LogP contribution in [0.4, 0.5) is 13.2 Å². The largest absolute Gasteiger partial charge is 0.436 e. The lowest BCUT2D eigenvalue weighted by molar-refractivity contribution is -0.141. The number of hydrogen-bond acceptors (Lipinski definition) is 5. The molecule has 1 atom stereocenters. The van der Waals surface area contributed by atoms with Crippen LogP contribution in [0.15, 0.2) is 30.5 Å². The topological polar surface area (TPSA) is 78.9 Å². The molecule has 3 aromatic heterocycles. The molecule has 1 fully saturated rings. The molecular formula is C22H16ClF3N6. The van der Waals surface area contributed by atoms with Crippen LogP contribution in [0, 0.1) is 18.3 Å². The zero-order valence-corrected chi connectivity index (χ0v) is 17.6. The molecule has 10 heteroatoms. The highest BCUT2D eigenvalue weighted by atomic mass is 35.5. The zero-order chi connectivity index (χ0) is 22.6. The van der Waals surface area contributed by atoms with Crippen LogP contribution in [0.2, 0.25) is 5.02 Å². The molecule has 1 saturated heterocycles. The molecule has 0 unspecified atom stereocenters. The molecule has 0 bridgehead atoms. The molecule has 1 N–H and O–H groups in total. The Kier molecular flexibility index (Phi) is 4.80. The number of hydrogen-bond donors (Lipinski definition) is 1. The molecule has 32 heavy (non-hydrogen) atoms. The highest BCUT2D eigenvalue weighted by Crippen LogP contribution is 2.40. The Morgan fingerprint density at radius 3 is 2.78 bits per heavy atom. The highest BCUT2D eigenvalue weighted by Gasteiger charge is 2.40. The van der Waals surface area contributed by atoms with Gasteiger partial charge in [-0.1, -0.05) is 17.7 Å². The Morgan fingerprint density at radius 1 is 1.28 bits per heavy atom. The van der Waals surface area contributed by atoms with Crippen molar-refractivity contribution in [3.63, 3.8) is 0 Å². The minimum absolute atomic E-state index is 0.0793. The Morgan fingerprint density at radius 2 is 2.09 bits per heavy atom. The summed E-state index contributed by atoms with van der Waals surface area (Å²) >= 11 is 6.13. The highest BCUT2D eigenvalue weighted by molar-refractivity contribution is 6.31. The van der Waals surface area contributed by atoms with E-state index in [1.165, 1.54) is 4.52 Å². The third-order valence-corrected chi connectivity index (χ3v) is 6.02. The van der Waals surface area contributed by atoms with Gasteiger partial charge in [-0.2, -0.15) is 23.5 Å². The van der Waals surface area contributed by atoms with Crippen molar-refractivity contribution in [2.75, 3.05) is 13.1 Å². The van der Waals surface area contributed by atoms with Crippen molar-refractivity contribution in [3.8, 4) is 17.2 Å². The maximum Gasteiger partial charge on any atom is 0.436 e. The van der Waals surface area contributed by atoms with Crippen molar-refractivity contribution in [1.82, 2.24) is 24.9 Å². The van der Waals surface area contributed by atoms with Gasteiger partial charge in [0.15, 0.2) is 11.3 Å². The molecule has 1 aromatic carbocycles. The number of alkyl halides is 3. The van der Waals surface area contributed by atoms with Gasteiger partial charge in [0, 0.05) is 40.3 Å². The van der Waals surface area contributed by atoms with Crippen molar-refractivity contribution in [1.29, 1.82) is 5.26 Å². The number of rotatable bonds is 2. The fourth-order valence-corrected chi connectivity index (χ4v) is 4.59. The molecule has 1 aliphatic rings. The number of pyridine rings is 1. The predicted molar refractivity (Wildman–Crippen MR) is 113 cm³/mol. The molecule has 1 aliphatic heterocycles. The molecule has 162 valence electrons. The van der Waals surface area contributed by atoms with Crippen molar-refractivity contribution in [3.05, 3.63) is 58.1 Å². The number of fused-ring (bicyclic) bond motifs is 2. The van der Waals surface area contributed by atoms with Gasteiger partial charge in [-0.15, -0.1) is 0 Å². The van der Waals surface area contributed by atoms with Crippen LogP contribution in [-0.4, -0.2) is 32.7 Å². The van der Waals surface area contributed by atoms with E-state index in [-0.39, 0.29) is 11.6 Å². The van der Waals surface area contributed by atoms with Crippen molar-refractivity contribution in [2.24, 2.45) is 0 Å². The number of benzene rings is 1. The molecular weight excluding hydrogens is 441 g/mol. The van der Waals surface area contributed by atoms with Gasteiger partial charge >= 0.3 is 6.18 Å². The fraction of sp³-hybridized carbons (Fsp3) is 0.273. The first-order chi connectivity index (χ1) is 15.3. The summed E-state index contributed by atoms with van der Waals surface area (Å²) in [6, 6.07) is 8.80. The number of halogens is 4. The van der Waals surface area contributed by atoms with E-state index in [4.69, 9.17) is 11.6 Å². The Bertz CT molecular complexity index is 1410. The average molecular weight is 457 g/mol. The normalized spacial score (nSPS) is 16.7. The molecule has 0 amide bonds. The first kappa shape index (κ1) is 20.7. The molecule has 4 aromatic rings. The van der Waals surface area contributed by atoms with Crippen LogP contribution in [0.25, 0.3) is 27.7 Å². The second kappa shape index (κ2) is 7.43. The smallest absolute Gasteiger partial charge is 0.316 e. The number of aryl methyl sites for hydroxylation is 1. The Hall–Kier alpha value is -3.22. The van der Waals surface area contributed by atoms with Crippen molar-refractivity contribution >= 4 is 28.2 Å². The zero-order valence-electron chi connectivity index (χ0n) is 16.8. The first-order valence-electron chi connectivity index (χ1n) is 9.95. The van der Waals surface area contributed by atoms with E-state index in [0.29, 0.717) is 34.0 Å². The Balaban J connectivity index is 1.91. The molecule has 0 spiro atoms. The van der Waals surface area contributed by atoms with Crippen LogP contribution < -0.4 is 5.32 Å². The quantitative estimate of drug-likeness (QED) is 0.465. The summed E-state index contributed by atoms with van der Waals surface area (Å²) in [5, 5.41) is 18.0. The molecule has 5 rings (SSSR count). The van der Waals surface area contributed by atoms with E-state index in [0.717, 1.165) is 23.9 Å². The van der Waals surface area contributed by atoms with E-state index in [1.807, 2.05) is 12.1 Å². The number of nitriles is 1. The standard InChI is InChI=1S/C22H16ClF3N6/c1-11-18(15-5-7-29-17-8-13(23)2-3-14(15)17)19(12-4-6-28-10-12)32-21(30-11)16(9-27)20(31-32)22(24,25)26/h2-3,5,7-8,12,28H,4,6,10H2,1H3/t12-/m0/s1. The molecule has 4 heterocycles. The summed E-state index contributed by atoms with van der Waals surface area (Å²) in [5.74, 6) is -0.0998.